The molecule has 0 spiro atoms. The first kappa shape index (κ1) is 23.3. The summed E-state index contributed by atoms with van der Waals surface area (Å²) in [5, 5.41) is 0. The molecule has 2 heteroatoms. The molecular weight excluding hydrogens is 298 g/mol. The Hall–Kier alpha value is 1.43. The van der Waals surface area contributed by atoms with E-state index in [9.17, 15) is 0 Å². The zero-order valence-corrected chi connectivity index (χ0v) is 14.2. The average Bonchev–Trinajstić information content (AvgIpc) is 1.94. The van der Waals surface area contributed by atoms with Gasteiger partial charge in [0.2, 0.25) is 0 Å². The molecule has 2 radical (unpaired) electrons. The molecule has 0 aliphatic rings. The van der Waals surface area contributed by atoms with Crippen molar-refractivity contribution in [3.63, 3.8) is 0 Å². The summed E-state index contributed by atoms with van der Waals surface area (Å²) in [7, 11) is 0. The molecule has 0 saturated heterocycles. The van der Waals surface area contributed by atoms with Crippen LogP contribution in [0.2, 0.25) is 0 Å². The van der Waals surface area contributed by atoms with E-state index >= 15 is 0 Å². The Balaban J connectivity index is -0.0000000600. The Labute approximate surface area is 128 Å². The Morgan fingerprint density at radius 2 is 1.17 bits per heavy atom. The van der Waals surface area contributed by atoms with E-state index in [0.29, 0.717) is 0 Å². The molecule has 0 heterocycles. The van der Waals surface area contributed by atoms with Crippen molar-refractivity contribution in [2.75, 3.05) is 0 Å². The van der Waals surface area contributed by atoms with Gasteiger partial charge in [0.25, 0.3) is 0 Å². The van der Waals surface area contributed by atoms with Crippen LogP contribution in [0.3, 0.4) is 0 Å². The molecule has 64 valence electrons. The number of benzene rings is 1. The molecule has 0 amide bonds. The predicted molar refractivity (Wildman–Crippen MR) is 48.9 cm³/mol. The van der Waals surface area contributed by atoms with Crippen molar-refractivity contribution in [2.45, 2.75) is 20.8 Å². The zero-order valence-electron chi connectivity index (χ0n) is 8.54. The van der Waals surface area contributed by atoms with Gasteiger partial charge in [-0.2, -0.15) is 0 Å². The monoisotopic (exact) mass is 315 g/mol. The van der Waals surface area contributed by atoms with E-state index in [2.05, 4.69) is 19.1 Å². The van der Waals surface area contributed by atoms with E-state index in [4.69, 9.17) is 0 Å². The van der Waals surface area contributed by atoms with Crippen LogP contribution in [0, 0.1) is 14.4 Å². The molecule has 0 saturated carbocycles. The van der Waals surface area contributed by atoms with E-state index in [1.54, 1.807) is 0 Å². The summed E-state index contributed by atoms with van der Waals surface area (Å²) in [6, 6.07) is 10.3. The quantitative estimate of drug-likeness (QED) is 0.643. The fourth-order valence-corrected chi connectivity index (χ4v) is 0.534. The maximum absolute atomic E-state index is 2.08. The Morgan fingerprint density at radius 1 is 0.833 bits per heavy atom. The predicted octanol–water partition coefficient (Wildman–Crippen LogP) is 3.47. The van der Waals surface area contributed by atoms with Gasteiger partial charge in [-0.05, 0) is 6.92 Å². The third kappa shape index (κ3) is 14.0. The standard InChI is InChI=1S/C7H8.C2H6.CH3.2Y/c1-7-5-3-2-4-6-7;1-2;;;/h2-6H,1H3;1-2H3;1H3;;/q;;-1;;. The van der Waals surface area contributed by atoms with E-state index in [1.165, 1.54) is 5.56 Å². The minimum atomic E-state index is 0. The molecule has 1 aromatic rings. The second-order valence-corrected chi connectivity index (χ2v) is 1.65. The maximum atomic E-state index is 2.08. The summed E-state index contributed by atoms with van der Waals surface area (Å²) in [5.74, 6) is 0. The van der Waals surface area contributed by atoms with E-state index < -0.39 is 0 Å². The minimum Gasteiger partial charge on any atom is -0.358 e. The third-order valence-electron chi connectivity index (χ3n) is 0.940. The van der Waals surface area contributed by atoms with Crippen molar-refractivity contribution in [2.24, 2.45) is 0 Å². The van der Waals surface area contributed by atoms with Crippen LogP contribution in [0.4, 0.5) is 0 Å². The van der Waals surface area contributed by atoms with Crippen molar-refractivity contribution in [3.05, 3.63) is 43.3 Å². The molecule has 0 N–H and O–H groups in total. The molecule has 0 nitrogen and oxygen atoms in total. The largest absolute Gasteiger partial charge is 0.358 e. The SMILES string of the molecule is CC.Cc1ccccc1.[CH3-].[Y].[Y]. The summed E-state index contributed by atoms with van der Waals surface area (Å²) in [6.07, 6.45) is 0. The van der Waals surface area contributed by atoms with Gasteiger partial charge in [0.05, 0.1) is 0 Å². The molecule has 0 atom stereocenters. The third-order valence-corrected chi connectivity index (χ3v) is 0.940. The topological polar surface area (TPSA) is 0 Å². The summed E-state index contributed by atoms with van der Waals surface area (Å²) in [4.78, 5) is 0. The van der Waals surface area contributed by atoms with Crippen LogP contribution in [-0.4, -0.2) is 0 Å². The fraction of sp³-hybridized carbons (Fsp3) is 0.300. The van der Waals surface area contributed by atoms with Crippen LogP contribution in [0.25, 0.3) is 0 Å². The molecule has 0 aliphatic heterocycles. The smallest absolute Gasteiger partial charge is 0 e. The Kier molecular flexibility index (Phi) is 35.5. The van der Waals surface area contributed by atoms with Gasteiger partial charge in [-0.15, -0.1) is 0 Å². The normalized spacial score (nSPS) is 5.58. The summed E-state index contributed by atoms with van der Waals surface area (Å²) in [5.41, 5.74) is 1.32. The molecule has 1 aromatic carbocycles. The minimum absolute atomic E-state index is 0. The molecule has 12 heavy (non-hydrogen) atoms. The van der Waals surface area contributed by atoms with Crippen molar-refractivity contribution >= 4 is 0 Å². The van der Waals surface area contributed by atoms with Crippen LogP contribution in [0.5, 0.6) is 0 Å². The second-order valence-electron chi connectivity index (χ2n) is 1.65. The molecular formula is C10H17Y2-. The number of hydrogen-bond acceptors (Lipinski definition) is 0. The molecule has 0 aliphatic carbocycles. The van der Waals surface area contributed by atoms with Gasteiger partial charge in [0.15, 0.2) is 0 Å². The van der Waals surface area contributed by atoms with E-state index in [0.717, 1.165) is 0 Å². The Morgan fingerprint density at radius 3 is 1.33 bits per heavy atom. The maximum Gasteiger partial charge on any atom is 0 e. The van der Waals surface area contributed by atoms with Gasteiger partial charge < -0.3 is 7.43 Å². The zero-order chi connectivity index (χ0) is 7.11. The first-order chi connectivity index (χ1) is 4.39. The van der Waals surface area contributed by atoms with Gasteiger partial charge in [-0.25, -0.2) is 0 Å². The summed E-state index contributed by atoms with van der Waals surface area (Å²) in [6.45, 7) is 6.08. The number of rotatable bonds is 0. The number of hydrogen-bond donors (Lipinski definition) is 0. The second kappa shape index (κ2) is 18.3. The van der Waals surface area contributed by atoms with Crippen LogP contribution >= 0.6 is 0 Å². The average molecular weight is 315 g/mol. The number of aryl methyl sites for hydroxylation is 1. The fourth-order valence-electron chi connectivity index (χ4n) is 0.534. The van der Waals surface area contributed by atoms with Crippen LogP contribution < -0.4 is 0 Å². The summed E-state index contributed by atoms with van der Waals surface area (Å²) < 4.78 is 0. The van der Waals surface area contributed by atoms with Gasteiger partial charge in [-0.3, -0.25) is 0 Å². The van der Waals surface area contributed by atoms with Crippen LogP contribution in [0.15, 0.2) is 30.3 Å². The van der Waals surface area contributed by atoms with Crippen molar-refractivity contribution < 1.29 is 65.4 Å². The molecule has 0 aromatic heterocycles. The van der Waals surface area contributed by atoms with Gasteiger partial charge >= 0.3 is 0 Å². The van der Waals surface area contributed by atoms with E-state index in [1.807, 2.05) is 32.0 Å². The Bertz CT molecular complexity index is 138. The first-order valence-corrected chi connectivity index (χ1v) is 3.41. The molecule has 1 rings (SSSR count). The summed E-state index contributed by atoms with van der Waals surface area (Å²) >= 11 is 0. The van der Waals surface area contributed by atoms with Crippen LogP contribution in [-0.2, 0) is 65.4 Å². The van der Waals surface area contributed by atoms with Crippen molar-refractivity contribution in [1.82, 2.24) is 0 Å². The molecule has 0 fully saturated rings. The van der Waals surface area contributed by atoms with E-state index in [-0.39, 0.29) is 72.8 Å². The van der Waals surface area contributed by atoms with Gasteiger partial charge in [0, 0.05) is 65.4 Å². The first-order valence-electron chi connectivity index (χ1n) is 3.41. The van der Waals surface area contributed by atoms with Gasteiger partial charge in [-0.1, -0.05) is 49.7 Å². The van der Waals surface area contributed by atoms with Gasteiger partial charge in [0.1, 0.15) is 0 Å². The van der Waals surface area contributed by atoms with Crippen molar-refractivity contribution in [3.8, 4) is 0 Å². The van der Waals surface area contributed by atoms with Crippen LogP contribution in [0.1, 0.15) is 19.4 Å². The van der Waals surface area contributed by atoms with Crippen molar-refractivity contribution in [1.29, 1.82) is 0 Å². The molecule has 0 unspecified atom stereocenters. The molecule has 0 bridgehead atoms.